The van der Waals surface area contributed by atoms with E-state index < -0.39 is 0 Å². The summed E-state index contributed by atoms with van der Waals surface area (Å²) in [7, 11) is 0. The number of aromatic amines is 1. The zero-order valence-electron chi connectivity index (χ0n) is 18.1. The molecule has 0 bridgehead atoms. The van der Waals surface area contributed by atoms with Crippen molar-refractivity contribution in [1.82, 2.24) is 10.3 Å². The number of fused-ring (bicyclic) bond motifs is 1. The average Bonchev–Trinajstić information content (AvgIpc) is 3.24. The molecule has 32 heavy (non-hydrogen) atoms. The minimum Gasteiger partial charge on any atom is -0.494 e. The summed E-state index contributed by atoms with van der Waals surface area (Å²) in [6, 6.07) is 25.8. The van der Waals surface area contributed by atoms with Crippen molar-refractivity contribution in [3.05, 3.63) is 96.2 Å². The van der Waals surface area contributed by atoms with Gasteiger partial charge in [-0.2, -0.15) is 0 Å². The average molecular weight is 429 g/mol. The Labute approximate surface area is 188 Å². The maximum atomic E-state index is 12.2. The topological polar surface area (TPSA) is 63.4 Å². The van der Waals surface area contributed by atoms with Crippen LogP contribution in [0.4, 0.5) is 0 Å². The molecule has 5 nitrogen and oxygen atoms in total. The van der Waals surface area contributed by atoms with Crippen molar-refractivity contribution < 1.29 is 14.3 Å². The van der Waals surface area contributed by atoms with Crippen molar-refractivity contribution in [2.24, 2.45) is 0 Å². The molecule has 0 radical (unpaired) electrons. The number of carbonyl (C=O) groups excluding carboxylic acids is 1. The molecule has 164 valence electrons. The molecule has 1 heterocycles. The number of amides is 1. The minimum absolute atomic E-state index is 0.0433. The highest BCUT2D eigenvalue weighted by molar-refractivity contribution is 5.88. The van der Waals surface area contributed by atoms with Crippen molar-refractivity contribution in [2.75, 3.05) is 13.2 Å². The molecule has 0 saturated heterocycles. The van der Waals surface area contributed by atoms with Crippen LogP contribution in [0.15, 0.2) is 85.1 Å². The first-order chi connectivity index (χ1) is 15.8. The monoisotopic (exact) mass is 428 g/mol. The molecular weight excluding hydrogens is 400 g/mol. The van der Waals surface area contributed by atoms with Gasteiger partial charge in [0.1, 0.15) is 18.1 Å². The molecule has 2 N–H and O–H groups in total. The molecule has 0 atom stereocenters. The number of unbranched alkanes of at least 4 members (excludes halogenated alkanes) is 1. The van der Waals surface area contributed by atoms with Crippen molar-refractivity contribution in [1.29, 1.82) is 0 Å². The van der Waals surface area contributed by atoms with Gasteiger partial charge in [-0.1, -0.05) is 48.5 Å². The summed E-state index contributed by atoms with van der Waals surface area (Å²) < 4.78 is 11.6. The number of hydrogen-bond acceptors (Lipinski definition) is 3. The normalized spacial score (nSPS) is 10.8. The first kappa shape index (κ1) is 21.5. The second-order valence-electron chi connectivity index (χ2n) is 7.69. The lowest BCUT2D eigenvalue weighted by atomic mass is 10.1. The van der Waals surface area contributed by atoms with Crippen molar-refractivity contribution >= 4 is 16.8 Å². The number of carbonyl (C=O) groups is 1. The largest absolute Gasteiger partial charge is 0.494 e. The summed E-state index contributed by atoms with van der Waals surface area (Å²) in [6.45, 7) is 1.81. The predicted molar refractivity (Wildman–Crippen MR) is 127 cm³/mol. The Morgan fingerprint density at radius 1 is 0.812 bits per heavy atom. The molecule has 3 aromatic carbocycles. The predicted octanol–water partition coefficient (Wildman–Crippen LogP) is 5.26. The maximum Gasteiger partial charge on any atom is 0.224 e. The third kappa shape index (κ3) is 6.14. The molecular formula is C27H28N2O3. The van der Waals surface area contributed by atoms with Gasteiger partial charge < -0.3 is 19.8 Å². The Hall–Kier alpha value is -3.73. The number of para-hydroxylation sites is 1. The lowest BCUT2D eigenvalue weighted by Crippen LogP contribution is -2.26. The van der Waals surface area contributed by atoms with Crippen LogP contribution in [0, 0.1) is 0 Å². The van der Waals surface area contributed by atoms with Gasteiger partial charge in [-0.3, -0.25) is 4.79 Å². The minimum atomic E-state index is 0.0433. The Morgan fingerprint density at radius 3 is 2.34 bits per heavy atom. The van der Waals surface area contributed by atoms with Crippen LogP contribution in [-0.2, 0) is 17.8 Å². The highest BCUT2D eigenvalue weighted by Crippen LogP contribution is 2.19. The fraction of sp³-hybridized carbons (Fsp3) is 0.222. The van der Waals surface area contributed by atoms with Gasteiger partial charge in [0.25, 0.3) is 0 Å². The highest BCUT2D eigenvalue weighted by Gasteiger charge is 2.08. The van der Waals surface area contributed by atoms with Gasteiger partial charge in [-0.15, -0.1) is 0 Å². The number of ether oxygens (including phenoxy) is 2. The Balaban J connectivity index is 1.10. The fourth-order valence-corrected chi connectivity index (χ4v) is 3.53. The molecule has 4 aromatic rings. The van der Waals surface area contributed by atoms with E-state index in [1.807, 2.05) is 85.1 Å². The molecule has 4 rings (SSSR count). The molecule has 0 unspecified atom stereocenters. The fourth-order valence-electron chi connectivity index (χ4n) is 3.53. The summed E-state index contributed by atoms with van der Waals surface area (Å²) in [6.07, 6.45) is 4.05. The first-order valence-corrected chi connectivity index (χ1v) is 11.0. The van der Waals surface area contributed by atoms with E-state index in [0.717, 1.165) is 46.4 Å². The SMILES string of the molecule is O=C(Cc1c[nH]c2ccccc12)NCCCCOc1ccc(OCc2ccccc2)cc1. The summed E-state index contributed by atoms with van der Waals surface area (Å²) >= 11 is 0. The Morgan fingerprint density at radius 2 is 1.53 bits per heavy atom. The Bertz CT molecular complexity index is 1120. The number of rotatable bonds is 11. The van der Waals surface area contributed by atoms with Crippen LogP contribution < -0.4 is 14.8 Å². The summed E-state index contributed by atoms with van der Waals surface area (Å²) in [5.41, 5.74) is 3.22. The van der Waals surface area contributed by atoms with Crippen LogP contribution in [0.3, 0.4) is 0 Å². The standard InChI is InChI=1S/C27H28N2O3/c30-27(18-22-19-29-26-11-5-4-10-25(22)26)28-16-6-7-17-31-23-12-14-24(15-13-23)32-20-21-8-2-1-3-9-21/h1-5,8-15,19,29H,6-7,16-18,20H2,(H,28,30). The van der Waals surface area contributed by atoms with Gasteiger partial charge in [-0.05, 0) is 54.3 Å². The molecule has 0 aliphatic carbocycles. The second kappa shape index (κ2) is 11.0. The van der Waals surface area contributed by atoms with Crippen LogP contribution >= 0.6 is 0 Å². The third-order valence-corrected chi connectivity index (χ3v) is 5.26. The van der Waals surface area contributed by atoms with Crippen molar-refractivity contribution in [2.45, 2.75) is 25.9 Å². The molecule has 5 heteroatoms. The van der Waals surface area contributed by atoms with E-state index in [1.165, 1.54) is 0 Å². The van der Waals surface area contributed by atoms with E-state index >= 15 is 0 Å². The van der Waals surface area contributed by atoms with Crippen molar-refractivity contribution in [3.8, 4) is 11.5 Å². The third-order valence-electron chi connectivity index (χ3n) is 5.26. The van der Waals surface area contributed by atoms with Gasteiger partial charge in [0.2, 0.25) is 5.91 Å². The molecule has 0 aliphatic rings. The summed E-state index contributed by atoms with van der Waals surface area (Å²) in [5, 5.41) is 4.10. The van der Waals surface area contributed by atoms with E-state index in [4.69, 9.17) is 9.47 Å². The molecule has 0 aliphatic heterocycles. The van der Waals surface area contributed by atoms with Crippen LogP contribution in [0.2, 0.25) is 0 Å². The zero-order chi connectivity index (χ0) is 22.0. The van der Waals surface area contributed by atoms with E-state index in [0.29, 0.717) is 26.2 Å². The van der Waals surface area contributed by atoms with Gasteiger partial charge in [0, 0.05) is 23.6 Å². The lowest BCUT2D eigenvalue weighted by molar-refractivity contribution is -0.120. The maximum absolute atomic E-state index is 12.2. The van der Waals surface area contributed by atoms with Crippen LogP contribution in [0.5, 0.6) is 11.5 Å². The summed E-state index contributed by atoms with van der Waals surface area (Å²) in [4.78, 5) is 15.4. The molecule has 0 saturated carbocycles. The number of nitrogens with one attached hydrogen (secondary N) is 2. The quantitative estimate of drug-likeness (QED) is 0.320. The van der Waals surface area contributed by atoms with Gasteiger partial charge in [-0.25, -0.2) is 0 Å². The van der Waals surface area contributed by atoms with Gasteiger partial charge >= 0.3 is 0 Å². The van der Waals surface area contributed by atoms with E-state index in [-0.39, 0.29) is 5.91 Å². The molecule has 1 aromatic heterocycles. The number of benzene rings is 3. The molecule has 0 fully saturated rings. The molecule has 0 spiro atoms. The summed E-state index contributed by atoms with van der Waals surface area (Å²) in [5.74, 6) is 1.68. The van der Waals surface area contributed by atoms with E-state index in [2.05, 4.69) is 10.3 Å². The van der Waals surface area contributed by atoms with Gasteiger partial charge in [0.15, 0.2) is 0 Å². The van der Waals surface area contributed by atoms with Crippen LogP contribution in [0.1, 0.15) is 24.0 Å². The lowest BCUT2D eigenvalue weighted by Gasteiger charge is -2.09. The smallest absolute Gasteiger partial charge is 0.224 e. The first-order valence-electron chi connectivity index (χ1n) is 11.0. The Kier molecular flexibility index (Phi) is 7.42. The van der Waals surface area contributed by atoms with Crippen LogP contribution in [0.25, 0.3) is 10.9 Å². The highest BCUT2D eigenvalue weighted by atomic mass is 16.5. The molecule has 1 amide bonds. The second-order valence-corrected chi connectivity index (χ2v) is 7.69. The zero-order valence-corrected chi connectivity index (χ0v) is 18.1. The van der Waals surface area contributed by atoms with E-state index in [1.54, 1.807) is 0 Å². The van der Waals surface area contributed by atoms with Crippen LogP contribution in [-0.4, -0.2) is 24.0 Å². The van der Waals surface area contributed by atoms with Crippen molar-refractivity contribution in [3.63, 3.8) is 0 Å². The number of aromatic nitrogens is 1. The van der Waals surface area contributed by atoms with Gasteiger partial charge in [0.05, 0.1) is 13.0 Å². The number of H-pyrrole nitrogens is 1. The van der Waals surface area contributed by atoms with E-state index in [9.17, 15) is 4.79 Å². The number of hydrogen-bond donors (Lipinski definition) is 2.